The fourth-order valence-corrected chi connectivity index (χ4v) is 3.48. The topological polar surface area (TPSA) is 36.0 Å². The molecule has 2 heterocycles. The normalized spacial score (nSPS) is 23.4. The van der Waals surface area contributed by atoms with Crippen LogP contribution in [0.25, 0.3) is 0 Å². The van der Waals surface area contributed by atoms with E-state index < -0.39 is 0 Å². The smallest absolute Gasteiger partial charge is 0.227 e. The molecule has 1 aromatic carbocycles. The second-order valence-electron chi connectivity index (χ2n) is 6.87. The molecule has 1 aromatic rings. The van der Waals surface area contributed by atoms with Gasteiger partial charge in [0.05, 0.1) is 19.1 Å². The van der Waals surface area contributed by atoms with Crippen molar-refractivity contribution >= 4 is 5.91 Å². The molecule has 132 valence electrons. The summed E-state index contributed by atoms with van der Waals surface area (Å²) in [7, 11) is 0. The third-order valence-electron chi connectivity index (χ3n) is 4.98. The van der Waals surface area contributed by atoms with Gasteiger partial charge in [0.15, 0.2) is 0 Å². The van der Waals surface area contributed by atoms with Crippen molar-refractivity contribution in [1.29, 1.82) is 0 Å². The molecule has 2 fully saturated rings. The number of nitrogens with zero attached hydrogens (tertiary/aromatic N) is 3. The summed E-state index contributed by atoms with van der Waals surface area (Å²) in [5.41, 5.74) is 1.10. The number of carbonyl (C=O) groups excluding carboxylic acids is 1. The van der Waals surface area contributed by atoms with E-state index in [2.05, 4.69) is 16.7 Å². The molecule has 1 atom stereocenters. The number of hydrogen-bond donors (Lipinski definition) is 0. The van der Waals surface area contributed by atoms with Crippen LogP contribution < -0.4 is 0 Å². The van der Waals surface area contributed by atoms with Crippen LogP contribution in [0.1, 0.15) is 12.5 Å². The number of hydrogen-bond acceptors (Lipinski definition) is 4. The van der Waals surface area contributed by atoms with E-state index in [0.29, 0.717) is 12.5 Å². The summed E-state index contributed by atoms with van der Waals surface area (Å²) in [5, 5.41) is 0. The largest absolute Gasteiger partial charge is 0.376 e. The molecule has 0 unspecified atom stereocenters. The van der Waals surface area contributed by atoms with E-state index in [-0.39, 0.29) is 5.91 Å². The standard InChI is InChI=1S/C19H29N3O2/c1-17-16-21(13-14-24-17)8-7-20-9-11-22(12-10-20)19(23)15-18-5-3-2-4-6-18/h2-6,17H,7-16H2,1H3/t17-/m1/s1. The molecule has 2 aliphatic rings. The molecular weight excluding hydrogens is 302 g/mol. The average molecular weight is 331 g/mol. The zero-order chi connectivity index (χ0) is 16.8. The van der Waals surface area contributed by atoms with Crippen LogP contribution in [0, 0.1) is 0 Å². The van der Waals surface area contributed by atoms with E-state index in [0.717, 1.165) is 64.5 Å². The zero-order valence-corrected chi connectivity index (χ0v) is 14.7. The SMILES string of the molecule is C[C@@H]1CN(CCN2CCN(C(=O)Cc3ccccc3)CC2)CCO1. The van der Waals surface area contributed by atoms with Crippen LogP contribution in [-0.2, 0) is 16.0 Å². The van der Waals surface area contributed by atoms with Crippen molar-refractivity contribution in [1.82, 2.24) is 14.7 Å². The molecule has 0 saturated carbocycles. The van der Waals surface area contributed by atoms with Gasteiger partial charge in [0.25, 0.3) is 0 Å². The Morgan fingerprint density at radius 3 is 2.46 bits per heavy atom. The van der Waals surface area contributed by atoms with Gasteiger partial charge < -0.3 is 9.64 Å². The Bertz CT molecular complexity index is 515. The highest BCUT2D eigenvalue weighted by Crippen LogP contribution is 2.08. The first-order valence-corrected chi connectivity index (χ1v) is 9.09. The molecule has 5 heteroatoms. The minimum absolute atomic E-state index is 0.253. The van der Waals surface area contributed by atoms with Crippen LogP contribution in [0.5, 0.6) is 0 Å². The van der Waals surface area contributed by atoms with E-state index >= 15 is 0 Å². The van der Waals surface area contributed by atoms with Gasteiger partial charge in [-0.25, -0.2) is 0 Å². The van der Waals surface area contributed by atoms with E-state index in [9.17, 15) is 4.79 Å². The van der Waals surface area contributed by atoms with Crippen LogP contribution in [0.2, 0.25) is 0 Å². The van der Waals surface area contributed by atoms with Crippen LogP contribution >= 0.6 is 0 Å². The van der Waals surface area contributed by atoms with Crippen molar-refractivity contribution < 1.29 is 9.53 Å². The lowest BCUT2D eigenvalue weighted by Gasteiger charge is -2.37. The Kier molecular flexibility index (Phi) is 6.24. The first-order valence-electron chi connectivity index (χ1n) is 9.09. The summed E-state index contributed by atoms with van der Waals surface area (Å²) < 4.78 is 5.59. The lowest BCUT2D eigenvalue weighted by atomic mass is 10.1. The van der Waals surface area contributed by atoms with Gasteiger partial charge in [0.1, 0.15) is 0 Å². The molecule has 2 saturated heterocycles. The minimum Gasteiger partial charge on any atom is -0.376 e. The predicted octanol–water partition coefficient (Wildman–Crippen LogP) is 1.09. The molecule has 0 N–H and O–H groups in total. The van der Waals surface area contributed by atoms with Crippen molar-refractivity contribution in [2.45, 2.75) is 19.4 Å². The van der Waals surface area contributed by atoms with Crippen LogP contribution in [0.15, 0.2) is 30.3 Å². The van der Waals surface area contributed by atoms with Crippen molar-refractivity contribution in [3.8, 4) is 0 Å². The molecule has 0 radical (unpaired) electrons. The number of benzene rings is 1. The highest BCUT2D eigenvalue weighted by molar-refractivity contribution is 5.78. The van der Waals surface area contributed by atoms with E-state index in [1.165, 1.54) is 0 Å². The maximum atomic E-state index is 12.4. The van der Waals surface area contributed by atoms with Gasteiger partial charge in [-0.15, -0.1) is 0 Å². The molecule has 2 aliphatic heterocycles. The molecule has 24 heavy (non-hydrogen) atoms. The van der Waals surface area contributed by atoms with Crippen molar-refractivity contribution in [2.24, 2.45) is 0 Å². The van der Waals surface area contributed by atoms with E-state index in [1.54, 1.807) is 0 Å². The molecule has 5 nitrogen and oxygen atoms in total. The fraction of sp³-hybridized carbons (Fsp3) is 0.632. The lowest BCUT2D eigenvalue weighted by molar-refractivity contribution is -0.132. The molecule has 0 bridgehead atoms. The quantitative estimate of drug-likeness (QED) is 0.809. The number of piperazine rings is 1. The van der Waals surface area contributed by atoms with Gasteiger partial charge >= 0.3 is 0 Å². The number of amides is 1. The Hall–Kier alpha value is -1.43. The molecule has 0 aliphatic carbocycles. The Labute approximate surface area is 145 Å². The molecule has 0 aromatic heterocycles. The van der Waals surface area contributed by atoms with Crippen molar-refractivity contribution in [2.75, 3.05) is 59.0 Å². The van der Waals surface area contributed by atoms with Gasteiger partial charge in [-0.1, -0.05) is 30.3 Å². The fourth-order valence-electron chi connectivity index (χ4n) is 3.48. The average Bonchev–Trinajstić information content (AvgIpc) is 2.61. The van der Waals surface area contributed by atoms with Gasteiger partial charge in [0.2, 0.25) is 5.91 Å². The first-order chi connectivity index (χ1) is 11.7. The van der Waals surface area contributed by atoms with Gasteiger partial charge in [-0.05, 0) is 12.5 Å². The minimum atomic E-state index is 0.253. The molecule has 1 amide bonds. The highest BCUT2D eigenvalue weighted by Gasteiger charge is 2.22. The first kappa shape index (κ1) is 17.4. The van der Waals surface area contributed by atoms with Crippen LogP contribution in [0.3, 0.4) is 0 Å². The predicted molar refractivity (Wildman–Crippen MR) is 95.0 cm³/mol. The summed E-state index contributed by atoms with van der Waals surface area (Å²) in [5.74, 6) is 0.253. The Morgan fingerprint density at radius 1 is 1.04 bits per heavy atom. The summed E-state index contributed by atoms with van der Waals surface area (Å²) >= 11 is 0. The monoisotopic (exact) mass is 331 g/mol. The summed E-state index contributed by atoms with van der Waals surface area (Å²) in [6.07, 6.45) is 0.873. The summed E-state index contributed by atoms with van der Waals surface area (Å²) in [4.78, 5) is 19.4. The van der Waals surface area contributed by atoms with Crippen LogP contribution in [0.4, 0.5) is 0 Å². The number of carbonyl (C=O) groups is 1. The lowest BCUT2D eigenvalue weighted by Crippen LogP contribution is -2.51. The van der Waals surface area contributed by atoms with E-state index in [1.807, 2.05) is 35.2 Å². The Morgan fingerprint density at radius 2 is 1.75 bits per heavy atom. The van der Waals surface area contributed by atoms with Crippen LogP contribution in [-0.4, -0.2) is 85.7 Å². The zero-order valence-electron chi connectivity index (χ0n) is 14.7. The van der Waals surface area contributed by atoms with E-state index in [4.69, 9.17) is 4.74 Å². The summed E-state index contributed by atoms with van der Waals surface area (Å²) in [6.45, 7) is 10.9. The maximum absolute atomic E-state index is 12.4. The second-order valence-corrected chi connectivity index (χ2v) is 6.87. The van der Waals surface area contributed by atoms with Gasteiger partial charge in [-0.3, -0.25) is 14.6 Å². The number of rotatable bonds is 5. The number of morpholine rings is 1. The number of ether oxygens (including phenoxy) is 1. The maximum Gasteiger partial charge on any atom is 0.227 e. The third kappa shape index (κ3) is 5.03. The third-order valence-corrected chi connectivity index (χ3v) is 4.98. The van der Waals surface area contributed by atoms with Crippen molar-refractivity contribution in [3.05, 3.63) is 35.9 Å². The second kappa shape index (κ2) is 8.60. The summed E-state index contributed by atoms with van der Waals surface area (Å²) in [6, 6.07) is 10.0. The van der Waals surface area contributed by atoms with Gasteiger partial charge in [0, 0.05) is 52.4 Å². The van der Waals surface area contributed by atoms with Crippen molar-refractivity contribution in [3.63, 3.8) is 0 Å². The highest BCUT2D eigenvalue weighted by atomic mass is 16.5. The molecular formula is C19H29N3O2. The Balaban J connectivity index is 1.37. The molecule has 3 rings (SSSR count). The van der Waals surface area contributed by atoms with Gasteiger partial charge in [-0.2, -0.15) is 0 Å². The molecule has 0 spiro atoms.